The zero-order valence-electron chi connectivity index (χ0n) is 52.6. The second-order valence-corrected chi connectivity index (χ2v) is 31.5. The molecule has 0 spiro atoms. The molecule has 8 rings (SSSR count). The minimum atomic E-state index is 0.0373. The molecule has 418 valence electrons. The molecule has 0 bridgehead atoms. The smallest absolute Gasteiger partial charge is 0.0405 e. The highest BCUT2D eigenvalue weighted by Gasteiger charge is 2.29. The van der Waals surface area contributed by atoms with Gasteiger partial charge in [-0.2, -0.15) is 0 Å². The van der Waals surface area contributed by atoms with Crippen molar-refractivity contribution in [3.05, 3.63) is 214 Å². The van der Waals surface area contributed by atoms with Crippen LogP contribution in [0.1, 0.15) is 206 Å². The maximum Gasteiger partial charge on any atom is 0.0405 e. The van der Waals surface area contributed by atoms with Crippen LogP contribution in [0.5, 0.6) is 0 Å². The zero-order chi connectivity index (χ0) is 58.3. The number of hydrogen-bond donors (Lipinski definition) is 0. The molecule has 2 heteroatoms. The second-order valence-electron chi connectivity index (χ2n) is 28.9. The fraction of sp³-hybridized carbons (Fsp3) is 0.385. The highest BCUT2D eigenvalue weighted by atomic mass is 33.1. The first-order valence-corrected chi connectivity index (χ1v) is 32.0. The largest absolute Gasteiger partial charge is 0.0853 e. The molecule has 0 nitrogen and oxygen atoms in total. The van der Waals surface area contributed by atoms with E-state index in [1.165, 1.54) is 111 Å². The molecule has 0 unspecified atom stereocenters. The van der Waals surface area contributed by atoms with Gasteiger partial charge in [0.15, 0.2) is 0 Å². The monoisotopic (exact) mass is 1090 g/mol. The lowest BCUT2D eigenvalue weighted by atomic mass is 9.80. The van der Waals surface area contributed by atoms with Gasteiger partial charge in [-0.25, -0.2) is 0 Å². The standard InChI is InChI=1S/C78H94S2/c1-21-67(65-49-47-63(51-23-35-57(36-24-51)73(3,4)5)69(53-27-39-59(40-28-53)75(9,10)11)71(65)55-31-43-61(44-32-55)77(15,16)17)79-80-68(22-2)66-50-48-64(52-25-37-58(38-26-52)74(6,7)8)70(54-29-41-60(42-30-54)76(12,13)14)72(66)56-33-45-62(46-34-56)78(18,19)20/h23-50,67-68H,21-22H2,1-20H3/t67-,68-/m1/s1. The van der Waals surface area contributed by atoms with Crippen molar-refractivity contribution in [2.45, 2.75) is 194 Å². The third-order valence-electron chi connectivity index (χ3n) is 16.5. The van der Waals surface area contributed by atoms with Gasteiger partial charge in [-0.1, -0.05) is 330 Å². The average Bonchev–Trinajstić information content (AvgIpc) is 3.45. The van der Waals surface area contributed by atoms with Crippen LogP contribution in [0.15, 0.2) is 170 Å². The van der Waals surface area contributed by atoms with Gasteiger partial charge in [-0.15, -0.1) is 0 Å². The minimum Gasteiger partial charge on any atom is -0.0853 e. The Labute approximate surface area is 493 Å². The number of rotatable bonds is 13. The lowest BCUT2D eigenvalue weighted by molar-refractivity contribution is 0.590. The molecule has 2 atom stereocenters. The molecule has 0 aliphatic heterocycles. The molecule has 0 N–H and O–H groups in total. The Morgan fingerprint density at radius 3 is 0.613 bits per heavy atom. The highest BCUT2D eigenvalue weighted by molar-refractivity contribution is 8.76. The van der Waals surface area contributed by atoms with E-state index < -0.39 is 0 Å². The zero-order valence-corrected chi connectivity index (χ0v) is 54.2. The number of hydrogen-bond acceptors (Lipinski definition) is 2. The predicted molar refractivity (Wildman–Crippen MR) is 359 cm³/mol. The van der Waals surface area contributed by atoms with Crippen molar-refractivity contribution in [2.75, 3.05) is 0 Å². The lowest BCUT2D eigenvalue weighted by Gasteiger charge is -2.28. The SMILES string of the molecule is CC[C@@H](SS[C@H](CC)c1ccc(-c2ccc(C(C)(C)C)cc2)c(-c2ccc(C(C)(C)C)cc2)c1-c1ccc(C(C)(C)C)cc1)c1ccc(-c2ccc(C(C)(C)C)cc2)c(-c2ccc(C(C)(C)C)cc2)c1-c1ccc(C(C)(C)C)cc1. The van der Waals surface area contributed by atoms with Gasteiger partial charge in [-0.05, 0) is 157 Å². The van der Waals surface area contributed by atoms with Crippen molar-refractivity contribution >= 4 is 21.6 Å². The molecule has 8 aromatic rings. The lowest BCUT2D eigenvalue weighted by Crippen LogP contribution is -2.11. The molecule has 0 heterocycles. The van der Waals surface area contributed by atoms with Crippen LogP contribution >= 0.6 is 21.6 Å². The van der Waals surface area contributed by atoms with Gasteiger partial charge in [0.2, 0.25) is 0 Å². The molecule has 0 saturated heterocycles. The van der Waals surface area contributed by atoms with Crippen LogP contribution in [0.25, 0.3) is 66.8 Å². The fourth-order valence-corrected chi connectivity index (χ4v) is 14.5. The second kappa shape index (κ2) is 23.4. The summed E-state index contributed by atoms with van der Waals surface area (Å²) in [5, 5.41) is 0.409. The van der Waals surface area contributed by atoms with Crippen molar-refractivity contribution in [3.8, 4) is 66.8 Å². The molecule has 0 fully saturated rings. The molecular formula is C78H94S2. The van der Waals surface area contributed by atoms with Crippen LogP contribution in [0, 0.1) is 0 Å². The van der Waals surface area contributed by atoms with E-state index in [2.05, 4.69) is 330 Å². The van der Waals surface area contributed by atoms with Crippen LogP contribution in [0.4, 0.5) is 0 Å². The van der Waals surface area contributed by atoms with Crippen molar-refractivity contribution < 1.29 is 0 Å². The van der Waals surface area contributed by atoms with E-state index in [9.17, 15) is 0 Å². The summed E-state index contributed by atoms with van der Waals surface area (Å²) in [7, 11) is 4.14. The Morgan fingerprint density at radius 2 is 0.425 bits per heavy atom. The van der Waals surface area contributed by atoms with E-state index in [0.717, 1.165) is 12.8 Å². The van der Waals surface area contributed by atoms with Gasteiger partial charge >= 0.3 is 0 Å². The summed E-state index contributed by atoms with van der Waals surface area (Å²) in [5.41, 5.74) is 26.5. The predicted octanol–water partition coefficient (Wildman–Crippen LogP) is 24.5. The quantitative estimate of drug-likeness (QED) is 0.106. The van der Waals surface area contributed by atoms with Gasteiger partial charge in [0.05, 0.1) is 0 Å². The Bertz CT molecular complexity index is 3130. The third-order valence-corrected chi connectivity index (χ3v) is 20.0. The minimum absolute atomic E-state index is 0.0373. The summed E-state index contributed by atoms with van der Waals surface area (Å²) >= 11 is 0. The van der Waals surface area contributed by atoms with Gasteiger partial charge in [0.1, 0.15) is 0 Å². The first kappa shape index (κ1) is 60.6. The van der Waals surface area contributed by atoms with E-state index in [-0.39, 0.29) is 43.0 Å². The first-order chi connectivity index (χ1) is 37.4. The summed E-state index contributed by atoms with van der Waals surface area (Å²) in [6.45, 7) is 46.4. The van der Waals surface area contributed by atoms with Crippen LogP contribution in [0.2, 0.25) is 0 Å². The summed E-state index contributed by atoms with van der Waals surface area (Å²) in [6.07, 6.45) is 1.97. The molecule has 0 aliphatic carbocycles. The molecule has 0 aliphatic rings. The van der Waals surface area contributed by atoms with Crippen LogP contribution < -0.4 is 0 Å². The van der Waals surface area contributed by atoms with Gasteiger partial charge < -0.3 is 0 Å². The summed E-state index contributed by atoms with van der Waals surface area (Å²) in [4.78, 5) is 0. The Hall–Kier alpha value is -5.54. The molecule has 0 aromatic heterocycles. The van der Waals surface area contributed by atoms with Crippen molar-refractivity contribution in [2.24, 2.45) is 0 Å². The Morgan fingerprint density at radius 1 is 0.237 bits per heavy atom. The average molecular weight is 1100 g/mol. The van der Waals surface area contributed by atoms with Crippen LogP contribution in [-0.2, 0) is 32.5 Å². The molecule has 0 radical (unpaired) electrons. The molecular weight excluding hydrogens is 1000 g/mol. The topological polar surface area (TPSA) is 0 Å². The molecule has 80 heavy (non-hydrogen) atoms. The van der Waals surface area contributed by atoms with Crippen LogP contribution in [0.3, 0.4) is 0 Å². The van der Waals surface area contributed by atoms with E-state index in [4.69, 9.17) is 0 Å². The fourth-order valence-electron chi connectivity index (χ4n) is 11.1. The normalized spacial score (nSPS) is 13.6. The maximum absolute atomic E-state index is 2.48. The van der Waals surface area contributed by atoms with Crippen LogP contribution in [-0.4, -0.2) is 0 Å². The van der Waals surface area contributed by atoms with E-state index in [0.29, 0.717) is 0 Å². The summed E-state index contributed by atoms with van der Waals surface area (Å²) in [6, 6.07) is 66.8. The van der Waals surface area contributed by atoms with Crippen molar-refractivity contribution in [3.63, 3.8) is 0 Å². The Balaban J connectivity index is 1.33. The molecule has 0 saturated carbocycles. The van der Waals surface area contributed by atoms with E-state index in [1.807, 2.05) is 0 Å². The van der Waals surface area contributed by atoms with E-state index in [1.54, 1.807) is 0 Å². The summed E-state index contributed by atoms with van der Waals surface area (Å²) in [5.74, 6) is 0. The summed E-state index contributed by atoms with van der Waals surface area (Å²) < 4.78 is 0. The van der Waals surface area contributed by atoms with Gasteiger partial charge in [-0.3, -0.25) is 0 Å². The van der Waals surface area contributed by atoms with Gasteiger partial charge in [0, 0.05) is 10.5 Å². The van der Waals surface area contributed by atoms with Gasteiger partial charge in [0.25, 0.3) is 0 Å². The Kier molecular flexibility index (Phi) is 17.7. The number of benzene rings is 8. The molecule has 8 aromatic carbocycles. The van der Waals surface area contributed by atoms with Crippen molar-refractivity contribution in [1.82, 2.24) is 0 Å². The van der Waals surface area contributed by atoms with Crippen molar-refractivity contribution in [1.29, 1.82) is 0 Å². The third kappa shape index (κ3) is 13.5. The first-order valence-electron chi connectivity index (χ1n) is 29.7. The maximum atomic E-state index is 2.48. The molecule has 0 amide bonds. The highest BCUT2D eigenvalue weighted by Crippen LogP contribution is 2.56. The van der Waals surface area contributed by atoms with E-state index >= 15 is 0 Å².